The molecule has 3 heterocycles. The van der Waals surface area contributed by atoms with Gasteiger partial charge in [-0.05, 0) is 79.5 Å². The lowest BCUT2D eigenvalue weighted by molar-refractivity contribution is -0.134. The van der Waals surface area contributed by atoms with Gasteiger partial charge in [0.2, 0.25) is 5.91 Å². The third-order valence-electron chi connectivity index (χ3n) is 8.60. The maximum Gasteiger partial charge on any atom is 0.222 e. The summed E-state index contributed by atoms with van der Waals surface area (Å²) in [6.07, 6.45) is 5.87. The van der Waals surface area contributed by atoms with Gasteiger partial charge in [0, 0.05) is 31.1 Å². The Morgan fingerprint density at radius 2 is 1.71 bits per heavy atom. The van der Waals surface area contributed by atoms with Crippen molar-refractivity contribution < 1.29 is 9.32 Å². The molecule has 1 N–H and O–H groups in total. The second kappa shape index (κ2) is 11.9. The zero-order valence-electron chi connectivity index (χ0n) is 23.3. The lowest BCUT2D eigenvalue weighted by atomic mass is 9.80. The molecule has 0 unspecified atom stereocenters. The monoisotopic (exact) mass is 513 g/mol. The fraction of sp³-hybridized carbons (Fsp3) is 0.515. The topological polar surface area (TPSA) is 58.4 Å². The van der Waals surface area contributed by atoms with Crippen LogP contribution in [-0.4, -0.2) is 42.1 Å². The van der Waals surface area contributed by atoms with Crippen LogP contribution in [0.15, 0.2) is 65.2 Å². The van der Waals surface area contributed by atoms with E-state index in [-0.39, 0.29) is 5.41 Å². The first kappa shape index (κ1) is 26.7. The van der Waals surface area contributed by atoms with Crippen LogP contribution in [0.25, 0.3) is 11.3 Å². The Labute approximate surface area is 228 Å². The summed E-state index contributed by atoms with van der Waals surface area (Å²) in [7, 11) is 0. The number of aromatic nitrogens is 1. The number of likely N-dealkylation sites (tertiary alicyclic amines) is 1. The van der Waals surface area contributed by atoms with Gasteiger partial charge in [0.25, 0.3) is 0 Å². The molecule has 2 atom stereocenters. The highest BCUT2D eigenvalue weighted by atomic mass is 16.5. The Morgan fingerprint density at radius 1 is 0.974 bits per heavy atom. The highest BCUT2D eigenvalue weighted by molar-refractivity contribution is 5.76. The van der Waals surface area contributed by atoms with Crippen molar-refractivity contribution in [2.75, 3.05) is 26.2 Å². The molecule has 5 heteroatoms. The van der Waals surface area contributed by atoms with Crippen LogP contribution in [0.2, 0.25) is 0 Å². The second-order valence-electron chi connectivity index (χ2n) is 12.4. The molecule has 2 aliphatic rings. The molecule has 0 bridgehead atoms. The Bertz CT molecular complexity index is 1170. The van der Waals surface area contributed by atoms with Crippen LogP contribution in [0.4, 0.5) is 0 Å². The number of hydrogen-bond acceptors (Lipinski definition) is 4. The Kier molecular flexibility index (Phi) is 8.32. The van der Waals surface area contributed by atoms with Crippen LogP contribution in [0.1, 0.15) is 63.3 Å². The van der Waals surface area contributed by atoms with E-state index in [2.05, 4.69) is 96.8 Å². The number of nitrogens with one attached hydrogen (secondary N) is 1. The molecule has 5 rings (SSSR count). The zero-order chi connectivity index (χ0) is 26.5. The molecule has 2 aliphatic heterocycles. The van der Waals surface area contributed by atoms with E-state index in [4.69, 9.17) is 4.52 Å². The van der Waals surface area contributed by atoms with Gasteiger partial charge in [-0.3, -0.25) is 4.79 Å². The van der Waals surface area contributed by atoms with Crippen molar-refractivity contribution in [3.8, 4) is 11.3 Å². The number of hydrogen-bond donors (Lipinski definition) is 1. The molecular formula is C33H43N3O2. The molecule has 2 saturated heterocycles. The molecule has 2 fully saturated rings. The molecule has 5 nitrogen and oxygen atoms in total. The smallest absolute Gasteiger partial charge is 0.222 e. The molecule has 0 aliphatic carbocycles. The summed E-state index contributed by atoms with van der Waals surface area (Å²) in [5, 5.41) is 7.95. The molecule has 2 aromatic carbocycles. The van der Waals surface area contributed by atoms with E-state index in [1.54, 1.807) is 0 Å². The molecule has 0 saturated carbocycles. The van der Waals surface area contributed by atoms with Crippen molar-refractivity contribution in [1.29, 1.82) is 0 Å². The van der Waals surface area contributed by atoms with Gasteiger partial charge < -0.3 is 14.7 Å². The van der Waals surface area contributed by atoms with E-state index < -0.39 is 0 Å². The van der Waals surface area contributed by atoms with Crippen LogP contribution in [0.5, 0.6) is 0 Å². The minimum Gasteiger partial charge on any atom is -0.356 e. The van der Waals surface area contributed by atoms with E-state index in [0.29, 0.717) is 30.1 Å². The van der Waals surface area contributed by atoms with Gasteiger partial charge in [-0.25, -0.2) is 0 Å². The molecule has 1 aromatic heterocycles. The number of carbonyl (C=O) groups excluding carboxylic acids is 1. The maximum atomic E-state index is 13.3. The van der Waals surface area contributed by atoms with Crippen molar-refractivity contribution in [2.45, 2.75) is 64.7 Å². The number of rotatable bonds is 7. The molecule has 0 spiro atoms. The quantitative estimate of drug-likeness (QED) is 0.404. The SMILES string of the molecule is CC(C)(C)c1ccc(-c2cc(C[C@H]3CNCC[C@H]3CC(=O)N3CCC(Cc4ccccc4)CC3)no2)cc1. The van der Waals surface area contributed by atoms with Crippen molar-refractivity contribution in [1.82, 2.24) is 15.4 Å². The van der Waals surface area contributed by atoms with Crippen LogP contribution in [-0.2, 0) is 23.1 Å². The summed E-state index contributed by atoms with van der Waals surface area (Å²) in [5.74, 6) is 2.61. The van der Waals surface area contributed by atoms with Crippen LogP contribution in [0.3, 0.4) is 0 Å². The van der Waals surface area contributed by atoms with Gasteiger partial charge in [0.15, 0.2) is 5.76 Å². The van der Waals surface area contributed by atoms with Crippen molar-refractivity contribution >= 4 is 5.91 Å². The van der Waals surface area contributed by atoms with E-state index in [1.807, 2.05) is 0 Å². The Hall–Kier alpha value is -2.92. The van der Waals surface area contributed by atoms with Crippen molar-refractivity contribution in [3.63, 3.8) is 0 Å². The standard InChI is InChI=1S/C33H43N3O2/c1-33(2,3)29-11-9-26(10-12-29)31-22-30(35-38-31)20-28-23-34-16-13-27(28)21-32(37)36-17-14-25(15-18-36)19-24-7-5-4-6-8-24/h4-12,22,25,27-28,34H,13-21,23H2,1-3H3/t27-,28-/m0/s1. The summed E-state index contributed by atoms with van der Waals surface area (Å²) < 4.78 is 5.74. The van der Waals surface area contributed by atoms with E-state index >= 15 is 0 Å². The van der Waals surface area contributed by atoms with Gasteiger partial charge >= 0.3 is 0 Å². The number of benzene rings is 2. The summed E-state index contributed by atoms with van der Waals surface area (Å²) in [6, 6.07) is 21.4. The molecular weight excluding hydrogens is 470 g/mol. The Morgan fingerprint density at radius 3 is 2.42 bits per heavy atom. The normalized spacial score (nSPS) is 21.0. The van der Waals surface area contributed by atoms with Gasteiger partial charge in [-0.2, -0.15) is 0 Å². The van der Waals surface area contributed by atoms with Crippen molar-refractivity contribution in [3.05, 3.63) is 77.5 Å². The van der Waals surface area contributed by atoms with Crippen molar-refractivity contribution in [2.24, 2.45) is 17.8 Å². The molecule has 0 radical (unpaired) electrons. The minimum absolute atomic E-state index is 0.129. The summed E-state index contributed by atoms with van der Waals surface area (Å²) >= 11 is 0. The Balaban J connectivity index is 1.14. The number of nitrogens with zero attached hydrogens (tertiary/aromatic N) is 2. The molecule has 202 valence electrons. The first-order valence-corrected chi connectivity index (χ1v) is 14.4. The third kappa shape index (κ3) is 6.74. The predicted octanol–water partition coefficient (Wildman–Crippen LogP) is 6.28. The number of amides is 1. The van der Waals surface area contributed by atoms with Gasteiger partial charge in [-0.15, -0.1) is 0 Å². The van der Waals surface area contributed by atoms with Crippen LogP contribution < -0.4 is 5.32 Å². The summed E-state index contributed by atoms with van der Waals surface area (Å²) in [5.41, 5.74) is 4.88. The zero-order valence-corrected chi connectivity index (χ0v) is 23.3. The fourth-order valence-electron chi connectivity index (χ4n) is 6.12. The van der Waals surface area contributed by atoms with Crippen LogP contribution >= 0.6 is 0 Å². The lowest BCUT2D eigenvalue weighted by Gasteiger charge is -2.36. The minimum atomic E-state index is 0.129. The average molecular weight is 514 g/mol. The van der Waals surface area contributed by atoms with E-state index in [9.17, 15) is 4.79 Å². The summed E-state index contributed by atoms with van der Waals surface area (Å²) in [4.78, 5) is 15.4. The first-order valence-electron chi connectivity index (χ1n) is 14.4. The van der Waals surface area contributed by atoms with Gasteiger partial charge in [-0.1, -0.05) is 80.5 Å². The second-order valence-corrected chi connectivity index (χ2v) is 12.4. The predicted molar refractivity (Wildman–Crippen MR) is 153 cm³/mol. The highest BCUT2D eigenvalue weighted by Crippen LogP contribution is 2.31. The lowest BCUT2D eigenvalue weighted by Crippen LogP contribution is -2.43. The molecule has 3 aromatic rings. The largest absolute Gasteiger partial charge is 0.356 e. The van der Waals surface area contributed by atoms with E-state index in [0.717, 1.165) is 75.3 Å². The highest BCUT2D eigenvalue weighted by Gasteiger charge is 2.31. The molecule has 1 amide bonds. The third-order valence-corrected chi connectivity index (χ3v) is 8.60. The molecule has 38 heavy (non-hydrogen) atoms. The van der Waals surface area contributed by atoms with Gasteiger partial charge in [0.05, 0.1) is 5.69 Å². The number of carbonyl (C=O) groups is 1. The van der Waals surface area contributed by atoms with E-state index in [1.165, 1.54) is 11.1 Å². The number of piperidine rings is 2. The van der Waals surface area contributed by atoms with Gasteiger partial charge in [0.1, 0.15) is 0 Å². The first-order chi connectivity index (χ1) is 18.3. The summed E-state index contributed by atoms with van der Waals surface area (Å²) in [6.45, 7) is 10.4. The van der Waals surface area contributed by atoms with Crippen LogP contribution in [0, 0.1) is 17.8 Å². The fourth-order valence-corrected chi connectivity index (χ4v) is 6.12. The average Bonchev–Trinajstić information content (AvgIpc) is 3.39. The maximum absolute atomic E-state index is 13.3.